The summed E-state index contributed by atoms with van der Waals surface area (Å²) < 4.78 is 0. The zero-order valence-electron chi connectivity index (χ0n) is 12.6. The molecule has 1 heterocycles. The summed E-state index contributed by atoms with van der Waals surface area (Å²) in [6.07, 6.45) is 2.62. The molecule has 1 aromatic heterocycles. The van der Waals surface area contributed by atoms with E-state index in [1.807, 2.05) is 39.0 Å². The molecule has 0 aliphatic rings. The lowest BCUT2D eigenvalue weighted by molar-refractivity contribution is -0.119. The van der Waals surface area contributed by atoms with Crippen LogP contribution in [0.2, 0.25) is 0 Å². The highest BCUT2D eigenvalue weighted by molar-refractivity contribution is 7.15. The summed E-state index contributed by atoms with van der Waals surface area (Å²) in [5, 5.41) is 3.40. The number of carbonyl (C=O) groups excluding carboxylic acids is 1. The molecule has 3 N–H and O–H groups in total. The van der Waals surface area contributed by atoms with Gasteiger partial charge in [0.1, 0.15) is 0 Å². The summed E-state index contributed by atoms with van der Waals surface area (Å²) in [6.45, 7) is 5.83. The van der Waals surface area contributed by atoms with E-state index in [1.54, 1.807) is 6.20 Å². The molecule has 0 bridgehead atoms. The van der Waals surface area contributed by atoms with Gasteiger partial charge in [-0.3, -0.25) is 4.79 Å². The maximum absolute atomic E-state index is 12.1. The number of nitrogens with two attached hydrogens (primary N) is 1. The van der Waals surface area contributed by atoms with Crippen molar-refractivity contribution in [1.29, 1.82) is 0 Å². The van der Waals surface area contributed by atoms with Crippen molar-refractivity contribution in [3.63, 3.8) is 0 Å². The summed E-state index contributed by atoms with van der Waals surface area (Å²) in [4.78, 5) is 17.4. The summed E-state index contributed by atoms with van der Waals surface area (Å²) in [5.41, 5.74) is 6.89. The van der Waals surface area contributed by atoms with Gasteiger partial charge in [-0.15, -0.1) is 11.3 Å². The van der Waals surface area contributed by atoms with Crippen LogP contribution in [0.5, 0.6) is 0 Å². The molecule has 0 unspecified atom stereocenters. The van der Waals surface area contributed by atoms with Crippen LogP contribution in [-0.2, 0) is 11.2 Å². The van der Waals surface area contributed by atoms with Crippen LogP contribution in [0.4, 0.5) is 5.13 Å². The predicted molar refractivity (Wildman–Crippen MR) is 87.4 cm³/mol. The van der Waals surface area contributed by atoms with Gasteiger partial charge in [0.15, 0.2) is 5.13 Å². The van der Waals surface area contributed by atoms with Crippen molar-refractivity contribution in [2.75, 3.05) is 5.32 Å². The Morgan fingerprint density at radius 2 is 2.00 bits per heavy atom. The second-order valence-corrected chi connectivity index (χ2v) is 7.24. The lowest BCUT2D eigenvalue weighted by Gasteiger charge is -2.25. The average molecular weight is 303 g/mol. The smallest absolute Gasteiger partial charge is 0.243 e. The number of rotatable bonds is 4. The van der Waals surface area contributed by atoms with Gasteiger partial charge < -0.3 is 11.1 Å². The van der Waals surface area contributed by atoms with Crippen LogP contribution in [0.3, 0.4) is 0 Å². The Hall–Kier alpha value is -1.72. The number of anilines is 1. The van der Waals surface area contributed by atoms with Gasteiger partial charge in [0.05, 0.1) is 6.04 Å². The molecule has 0 radical (unpaired) electrons. The highest BCUT2D eigenvalue weighted by atomic mass is 32.1. The summed E-state index contributed by atoms with van der Waals surface area (Å²) >= 11 is 1.49. The first-order chi connectivity index (χ1) is 9.86. The number of benzene rings is 1. The minimum Gasteiger partial charge on any atom is -0.319 e. The first-order valence-corrected chi connectivity index (χ1v) is 7.73. The Bertz CT molecular complexity index is 601. The number of hydrogen-bond acceptors (Lipinski definition) is 4. The van der Waals surface area contributed by atoms with Gasteiger partial charge in [-0.2, -0.15) is 0 Å². The zero-order chi connectivity index (χ0) is 15.5. The molecule has 0 fully saturated rings. The largest absolute Gasteiger partial charge is 0.319 e. The number of carbonyl (C=O) groups is 1. The molecule has 1 amide bonds. The third-order valence-electron chi connectivity index (χ3n) is 3.22. The molecule has 4 nitrogen and oxygen atoms in total. The van der Waals surface area contributed by atoms with E-state index in [0.717, 1.165) is 11.3 Å². The summed E-state index contributed by atoms with van der Waals surface area (Å²) in [6, 6.07) is 9.62. The maximum Gasteiger partial charge on any atom is 0.243 e. The topological polar surface area (TPSA) is 68.0 Å². The number of hydrogen-bond donors (Lipinski definition) is 2. The van der Waals surface area contributed by atoms with E-state index in [1.165, 1.54) is 16.9 Å². The van der Waals surface area contributed by atoms with Crippen LogP contribution in [0.1, 0.15) is 31.2 Å². The molecule has 0 aliphatic heterocycles. The molecule has 112 valence electrons. The van der Waals surface area contributed by atoms with E-state index >= 15 is 0 Å². The summed E-state index contributed by atoms with van der Waals surface area (Å²) in [7, 11) is 0. The quantitative estimate of drug-likeness (QED) is 0.912. The van der Waals surface area contributed by atoms with Crippen LogP contribution < -0.4 is 11.1 Å². The van der Waals surface area contributed by atoms with Gasteiger partial charge in [-0.1, -0.05) is 51.1 Å². The second-order valence-electron chi connectivity index (χ2n) is 6.13. The van der Waals surface area contributed by atoms with Crippen LogP contribution >= 0.6 is 11.3 Å². The lowest BCUT2D eigenvalue weighted by Crippen LogP contribution is -2.45. The number of thiazole rings is 1. The van der Waals surface area contributed by atoms with Crippen molar-refractivity contribution in [2.45, 2.75) is 33.2 Å². The zero-order valence-corrected chi connectivity index (χ0v) is 13.4. The molecule has 0 aliphatic carbocycles. The minimum atomic E-state index is -0.557. The Morgan fingerprint density at radius 1 is 1.33 bits per heavy atom. The van der Waals surface area contributed by atoms with Gasteiger partial charge in [-0.25, -0.2) is 4.98 Å². The fourth-order valence-corrected chi connectivity index (χ4v) is 2.67. The van der Waals surface area contributed by atoms with Crippen LogP contribution in [0.25, 0.3) is 0 Å². The van der Waals surface area contributed by atoms with E-state index < -0.39 is 6.04 Å². The van der Waals surface area contributed by atoms with E-state index in [0.29, 0.717) is 5.13 Å². The van der Waals surface area contributed by atoms with Crippen LogP contribution in [-0.4, -0.2) is 16.9 Å². The van der Waals surface area contributed by atoms with Gasteiger partial charge in [0, 0.05) is 17.5 Å². The molecule has 1 atom stereocenters. The molecular formula is C16H21N3OS. The Morgan fingerprint density at radius 3 is 2.62 bits per heavy atom. The molecule has 0 saturated carbocycles. The molecule has 0 saturated heterocycles. The number of nitrogens with one attached hydrogen (secondary N) is 1. The van der Waals surface area contributed by atoms with Gasteiger partial charge in [0.2, 0.25) is 5.91 Å². The van der Waals surface area contributed by atoms with E-state index in [9.17, 15) is 4.79 Å². The number of aromatic nitrogens is 1. The first kappa shape index (κ1) is 15.7. The van der Waals surface area contributed by atoms with E-state index in [2.05, 4.69) is 22.4 Å². The molecule has 2 rings (SSSR count). The molecule has 5 heteroatoms. The monoisotopic (exact) mass is 303 g/mol. The minimum absolute atomic E-state index is 0.192. The summed E-state index contributed by atoms with van der Waals surface area (Å²) in [5.74, 6) is -0.192. The highest BCUT2D eigenvalue weighted by Gasteiger charge is 2.27. The Labute approximate surface area is 129 Å². The number of nitrogens with zero attached hydrogens (tertiary/aromatic N) is 1. The maximum atomic E-state index is 12.1. The van der Waals surface area contributed by atoms with Crippen LogP contribution in [0, 0.1) is 5.41 Å². The van der Waals surface area contributed by atoms with Gasteiger partial charge in [-0.05, 0) is 11.0 Å². The van der Waals surface area contributed by atoms with Gasteiger partial charge >= 0.3 is 0 Å². The van der Waals surface area contributed by atoms with Crippen molar-refractivity contribution in [3.05, 3.63) is 47.0 Å². The standard InChI is InChI=1S/C16H21N3OS/c1-16(2,3)13(17)14(20)19-15-18-10-12(21-15)9-11-7-5-4-6-8-11/h4-8,10,13H,9,17H2,1-3H3,(H,18,19,20)/t13-/m1/s1. The fraction of sp³-hybridized carbons (Fsp3) is 0.375. The Balaban J connectivity index is 1.99. The van der Waals surface area contributed by atoms with E-state index in [4.69, 9.17) is 5.73 Å². The predicted octanol–water partition coefficient (Wildman–Crippen LogP) is 3.05. The first-order valence-electron chi connectivity index (χ1n) is 6.91. The van der Waals surface area contributed by atoms with Crippen LogP contribution in [0.15, 0.2) is 36.5 Å². The molecule has 21 heavy (non-hydrogen) atoms. The van der Waals surface area contributed by atoms with Crippen molar-refractivity contribution >= 4 is 22.4 Å². The second kappa shape index (κ2) is 6.37. The van der Waals surface area contributed by atoms with Gasteiger partial charge in [0.25, 0.3) is 0 Å². The highest BCUT2D eigenvalue weighted by Crippen LogP contribution is 2.23. The van der Waals surface area contributed by atoms with Crippen molar-refractivity contribution in [1.82, 2.24) is 4.98 Å². The fourth-order valence-electron chi connectivity index (χ4n) is 1.82. The molecule has 0 spiro atoms. The molecule has 2 aromatic rings. The number of amides is 1. The molecule has 1 aromatic carbocycles. The third-order valence-corrected chi connectivity index (χ3v) is 4.13. The van der Waals surface area contributed by atoms with Crippen molar-refractivity contribution in [3.8, 4) is 0 Å². The lowest BCUT2D eigenvalue weighted by atomic mass is 9.87. The SMILES string of the molecule is CC(C)(C)[C@H](N)C(=O)Nc1ncc(Cc2ccccc2)s1. The Kier molecular flexibility index (Phi) is 4.75. The molecular weight excluding hydrogens is 282 g/mol. The normalized spacial score (nSPS) is 13.0. The van der Waals surface area contributed by atoms with E-state index in [-0.39, 0.29) is 11.3 Å². The van der Waals surface area contributed by atoms with Crippen molar-refractivity contribution < 1.29 is 4.79 Å². The average Bonchev–Trinajstić information content (AvgIpc) is 2.85. The third kappa shape index (κ3) is 4.37. The van der Waals surface area contributed by atoms with Crippen molar-refractivity contribution in [2.24, 2.45) is 11.1 Å².